The van der Waals surface area contributed by atoms with Crippen molar-refractivity contribution >= 4 is 17.3 Å². The van der Waals surface area contributed by atoms with Gasteiger partial charge in [0.05, 0.1) is 17.7 Å². The molecule has 2 rings (SSSR count). The number of rotatable bonds is 8. The minimum Gasteiger partial charge on any atom is -0.491 e. The van der Waals surface area contributed by atoms with Crippen molar-refractivity contribution < 1.29 is 14.9 Å². The molecule has 0 radical (unpaired) electrons. The summed E-state index contributed by atoms with van der Waals surface area (Å²) in [6, 6.07) is 5.44. The molecule has 1 aliphatic heterocycles. The summed E-state index contributed by atoms with van der Waals surface area (Å²) in [5, 5.41) is 21.6. The molecule has 0 spiro atoms. The lowest BCUT2D eigenvalue weighted by atomic mass is 10.1. The molecule has 5 nitrogen and oxygen atoms in total. The lowest BCUT2D eigenvalue weighted by Gasteiger charge is -2.26. The maximum atomic E-state index is 9.31. The molecular weight excluding hydrogens is 304 g/mol. The Kier molecular flexibility index (Phi) is 7.25. The predicted molar refractivity (Wildman–Crippen MR) is 88.8 cm³/mol. The summed E-state index contributed by atoms with van der Waals surface area (Å²) in [7, 11) is 0. The van der Waals surface area contributed by atoms with Crippen LogP contribution in [-0.2, 0) is 0 Å². The van der Waals surface area contributed by atoms with Gasteiger partial charge < -0.3 is 20.3 Å². The molecule has 0 saturated carbocycles. The minimum atomic E-state index is -0.778. The third kappa shape index (κ3) is 5.65. The highest BCUT2D eigenvalue weighted by Crippen LogP contribution is 2.27. The van der Waals surface area contributed by atoms with Crippen molar-refractivity contribution in [2.45, 2.75) is 25.4 Å². The first kappa shape index (κ1) is 17.3. The highest BCUT2D eigenvalue weighted by atomic mass is 35.5. The maximum Gasteiger partial charge on any atom is 0.138 e. The van der Waals surface area contributed by atoms with Crippen LogP contribution in [0.2, 0.25) is 5.02 Å². The van der Waals surface area contributed by atoms with Crippen LogP contribution in [0.1, 0.15) is 19.3 Å². The number of aliphatic hydroxyl groups excluding tert-OH is 2. The van der Waals surface area contributed by atoms with E-state index in [0.29, 0.717) is 17.4 Å². The van der Waals surface area contributed by atoms with Crippen molar-refractivity contribution in [3.63, 3.8) is 0 Å². The summed E-state index contributed by atoms with van der Waals surface area (Å²) in [6.45, 7) is 3.90. The van der Waals surface area contributed by atoms with Crippen molar-refractivity contribution in [2.24, 2.45) is 0 Å². The summed E-state index contributed by atoms with van der Waals surface area (Å²) in [6.07, 6.45) is 3.11. The zero-order valence-corrected chi connectivity index (χ0v) is 13.6. The van der Waals surface area contributed by atoms with Crippen molar-refractivity contribution in [3.8, 4) is 5.75 Å². The average molecular weight is 329 g/mol. The third-order valence-corrected chi connectivity index (χ3v) is 4.09. The van der Waals surface area contributed by atoms with Crippen LogP contribution >= 0.6 is 11.6 Å². The van der Waals surface area contributed by atoms with Crippen LogP contribution in [0, 0.1) is 0 Å². The maximum absolute atomic E-state index is 9.31. The first-order chi connectivity index (χ1) is 10.7. The Labute approximate surface area is 136 Å². The number of hydrogen-bond donors (Lipinski definition) is 3. The number of anilines is 1. The fourth-order valence-corrected chi connectivity index (χ4v) is 2.73. The Morgan fingerprint density at radius 2 is 2.05 bits per heavy atom. The molecule has 0 amide bonds. The lowest BCUT2D eigenvalue weighted by molar-refractivity contribution is 0.105. The molecule has 3 N–H and O–H groups in total. The summed E-state index contributed by atoms with van der Waals surface area (Å²) >= 11 is 6.21. The number of nitrogens with one attached hydrogen (secondary N) is 1. The third-order valence-electron chi connectivity index (χ3n) is 3.80. The van der Waals surface area contributed by atoms with Crippen molar-refractivity contribution in [1.29, 1.82) is 0 Å². The fourth-order valence-electron chi connectivity index (χ4n) is 2.50. The normalized spacial score (nSPS) is 17.2. The van der Waals surface area contributed by atoms with E-state index in [4.69, 9.17) is 21.4 Å². The smallest absolute Gasteiger partial charge is 0.138 e. The molecule has 0 bridgehead atoms. The number of hydrogen-bond acceptors (Lipinski definition) is 5. The van der Waals surface area contributed by atoms with E-state index in [2.05, 4.69) is 10.2 Å². The monoisotopic (exact) mass is 328 g/mol. The Hall–Kier alpha value is -1.01. The van der Waals surface area contributed by atoms with E-state index in [0.717, 1.165) is 25.3 Å². The van der Waals surface area contributed by atoms with Crippen LogP contribution in [-0.4, -0.2) is 60.6 Å². The SMILES string of the molecule is OCC(O)CNc1ccc(OCCN2CCCCC2)c(Cl)c1. The van der Waals surface area contributed by atoms with Crippen molar-refractivity contribution in [2.75, 3.05) is 44.7 Å². The van der Waals surface area contributed by atoms with Crippen LogP contribution in [0.15, 0.2) is 18.2 Å². The van der Waals surface area contributed by atoms with Crippen LogP contribution in [0.25, 0.3) is 0 Å². The molecule has 1 aromatic carbocycles. The molecule has 1 saturated heterocycles. The van der Waals surface area contributed by atoms with E-state index in [9.17, 15) is 5.11 Å². The minimum absolute atomic E-state index is 0.265. The largest absolute Gasteiger partial charge is 0.491 e. The summed E-state index contributed by atoms with van der Waals surface area (Å²) in [5.74, 6) is 0.673. The highest BCUT2D eigenvalue weighted by molar-refractivity contribution is 6.32. The Morgan fingerprint density at radius 3 is 2.73 bits per heavy atom. The molecule has 124 valence electrons. The van der Waals surface area contributed by atoms with Gasteiger partial charge in [-0.3, -0.25) is 4.90 Å². The van der Waals surface area contributed by atoms with Gasteiger partial charge in [0.25, 0.3) is 0 Å². The summed E-state index contributed by atoms with van der Waals surface area (Å²) < 4.78 is 5.75. The number of benzene rings is 1. The standard InChI is InChI=1S/C16H25ClN2O3/c17-15-10-13(18-11-14(21)12-20)4-5-16(15)22-9-8-19-6-2-1-3-7-19/h4-5,10,14,18,20-21H,1-3,6-9,11-12H2. The van der Waals surface area contributed by atoms with Gasteiger partial charge in [0.2, 0.25) is 0 Å². The summed E-state index contributed by atoms with van der Waals surface area (Å²) in [5.41, 5.74) is 0.792. The van der Waals surface area contributed by atoms with Crippen LogP contribution in [0.4, 0.5) is 5.69 Å². The number of ether oxygens (including phenoxy) is 1. The Balaban J connectivity index is 1.76. The van der Waals surface area contributed by atoms with E-state index >= 15 is 0 Å². The van der Waals surface area contributed by atoms with Gasteiger partial charge in [-0.15, -0.1) is 0 Å². The van der Waals surface area contributed by atoms with Crippen LogP contribution < -0.4 is 10.1 Å². The second kappa shape index (κ2) is 9.20. The number of halogens is 1. The van der Waals surface area contributed by atoms with E-state index in [1.165, 1.54) is 19.3 Å². The first-order valence-corrected chi connectivity index (χ1v) is 8.24. The van der Waals surface area contributed by atoms with Gasteiger partial charge in [-0.25, -0.2) is 0 Å². The zero-order chi connectivity index (χ0) is 15.8. The lowest BCUT2D eigenvalue weighted by Crippen LogP contribution is -2.33. The molecule has 22 heavy (non-hydrogen) atoms. The zero-order valence-electron chi connectivity index (χ0n) is 12.8. The number of aliphatic hydroxyl groups is 2. The average Bonchev–Trinajstić information content (AvgIpc) is 2.55. The molecule has 0 aromatic heterocycles. The van der Waals surface area contributed by atoms with E-state index in [1.807, 2.05) is 12.1 Å². The van der Waals surface area contributed by atoms with Gasteiger partial charge in [-0.1, -0.05) is 18.0 Å². The molecular formula is C16H25ClN2O3. The summed E-state index contributed by atoms with van der Waals surface area (Å²) in [4.78, 5) is 2.42. The predicted octanol–water partition coefficient (Wildman–Crippen LogP) is 1.97. The molecule has 0 aliphatic carbocycles. The molecule has 1 unspecified atom stereocenters. The van der Waals surface area contributed by atoms with Gasteiger partial charge in [0.1, 0.15) is 12.4 Å². The van der Waals surface area contributed by atoms with Gasteiger partial charge in [0, 0.05) is 18.8 Å². The van der Waals surface area contributed by atoms with Gasteiger partial charge in [0.15, 0.2) is 0 Å². The second-order valence-electron chi connectivity index (χ2n) is 5.61. The first-order valence-electron chi connectivity index (χ1n) is 7.86. The van der Waals surface area contributed by atoms with Crippen molar-refractivity contribution in [1.82, 2.24) is 4.90 Å². The molecule has 6 heteroatoms. The molecule has 1 aromatic rings. The topological polar surface area (TPSA) is 65.0 Å². The Bertz CT molecular complexity index is 453. The molecule has 1 aliphatic rings. The van der Waals surface area contributed by atoms with Crippen LogP contribution in [0.3, 0.4) is 0 Å². The number of piperidine rings is 1. The van der Waals surface area contributed by atoms with E-state index < -0.39 is 6.10 Å². The molecule has 1 fully saturated rings. The van der Waals surface area contributed by atoms with E-state index in [-0.39, 0.29) is 13.2 Å². The molecule has 1 atom stereocenters. The number of likely N-dealkylation sites (tertiary alicyclic amines) is 1. The highest BCUT2D eigenvalue weighted by Gasteiger charge is 2.10. The van der Waals surface area contributed by atoms with Crippen molar-refractivity contribution in [3.05, 3.63) is 23.2 Å². The van der Waals surface area contributed by atoms with Gasteiger partial charge >= 0.3 is 0 Å². The Morgan fingerprint density at radius 1 is 1.27 bits per heavy atom. The quantitative estimate of drug-likeness (QED) is 0.681. The second-order valence-corrected chi connectivity index (χ2v) is 6.02. The fraction of sp³-hybridized carbons (Fsp3) is 0.625. The molecule has 1 heterocycles. The van der Waals surface area contributed by atoms with Crippen LogP contribution in [0.5, 0.6) is 5.75 Å². The van der Waals surface area contributed by atoms with Gasteiger partial charge in [-0.2, -0.15) is 0 Å². The number of nitrogens with zero attached hydrogens (tertiary/aromatic N) is 1. The van der Waals surface area contributed by atoms with Gasteiger partial charge in [-0.05, 0) is 44.1 Å². The van der Waals surface area contributed by atoms with E-state index in [1.54, 1.807) is 6.07 Å².